The molecule has 1 aliphatic rings. The minimum atomic E-state index is -4.51. The molecule has 0 spiro atoms. The fourth-order valence-corrected chi connectivity index (χ4v) is 4.52. The summed E-state index contributed by atoms with van der Waals surface area (Å²) in [5.74, 6) is 0.0715. The molecule has 1 aliphatic heterocycles. The van der Waals surface area contributed by atoms with Gasteiger partial charge in [-0.3, -0.25) is 9.78 Å². The molecule has 5 N–H and O–H groups in total. The van der Waals surface area contributed by atoms with Crippen molar-refractivity contribution in [3.8, 4) is 10.6 Å². The number of alkyl halides is 3. The number of nitrogens with one attached hydrogen (secondary N) is 1. The summed E-state index contributed by atoms with van der Waals surface area (Å²) in [6, 6.07) is 7.56. The Morgan fingerprint density at radius 1 is 1.21 bits per heavy atom. The van der Waals surface area contributed by atoms with Crippen molar-refractivity contribution in [1.29, 1.82) is 0 Å². The van der Waals surface area contributed by atoms with Gasteiger partial charge in [0.1, 0.15) is 16.4 Å². The van der Waals surface area contributed by atoms with Crippen LogP contribution in [0.25, 0.3) is 10.6 Å². The topological polar surface area (TPSA) is 110 Å². The molecule has 1 fully saturated rings. The molecule has 4 rings (SSSR count). The van der Waals surface area contributed by atoms with Crippen LogP contribution in [0.2, 0.25) is 0 Å². The summed E-state index contributed by atoms with van der Waals surface area (Å²) >= 11 is 1.15. The van der Waals surface area contributed by atoms with E-state index >= 15 is 0 Å². The van der Waals surface area contributed by atoms with Gasteiger partial charge in [0.05, 0.1) is 11.4 Å². The van der Waals surface area contributed by atoms with E-state index in [0.717, 1.165) is 55.2 Å². The normalized spacial score (nSPS) is 15.0. The molecule has 1 saturated heterocycles. The largest absolute Gasteiger partial charge is 0.433 e. The average Bonchev–Trinajstić information content (AvgIpc) is 3.29. The lowest BCUT2D eigenvalue weighted by atomic mass is 9.96. The Morgan fingerprint density at radius 2 is 1.97 bits per heavy atom. The average molecular weight is 477 g/mol. The zero-order chi connectivity index (χ0) is 23.6. The molecule has 11 heteroatoms. The van der Waals surface area contributed by atoms with Gasteiger partial charge in [-0.15, -0.1) is 11.3 Å². The van der Waals surface area contributed by atoms with Crippen molar-refractivity contribution in [2.75, 3.05) is 35.6 Å². The van der Waals surface area contributed by atoms with Crippen molar-refractivity contribution in [1.82, 2.24) is 9.97 Å². The van der Waals surface area contributed by atoms with Gasteiger partial charge >= 0.3 is 6.18 Å². The molecule has 1 aromatic carbocycles. The van der Waals surface area contributed by atoms with E-state index in [4.69, 9.17) is 11.5 Å². The fraction of sp³-hybridized carbons (Fsp3) is 0.318. The number of rotatable bonds is 5. The van der Waals surface area contributed by atoms with E-state index < -0.39 is 17.8 Å². The van der Waals surface area contributed by atoms with Crippen LogP contribution in [-0.2, 0) is 6.18 Å². The van der Waals surface area contributed by atoms with Gasteiger partial charge in [0.15, 0.2) is 0 Å². The molecule has 3 heterocycles. The number of pyridine rings is 1. The number of carbonyl (C=O) groups is 1. The third kappa shape index (κ3) is 5.25. The minimum Gasteiger partial charge on any atom is -0.399 e. The molecule has 0 unspecified atom stereocenters. The van der Waals surface area contributed by atoms with E-state index in [2.05, 4.69) is 20.2 Å². The standard InChI is InChI=1S/C22H23F3N6OS/c23-22(24,25)19-4-1-14(11-28-19)21-30-17(12-33-21)20(32)29-16-9-15(27)2-3-18(16)31-7-5-13(10-26)6-8-31/h1-4,9,11-13H,5-8,10,26-27H2,(H,29,32). The van der Waals surface area contributed by atoms with E-state index in [9.17, 15) is 18.0 Å². The SMILES string of the molecule is NCC1CCN(c2ccc(N)cc2NC(=O)c2csc(-c3ccc(C(F)(F)F)nc3)n2)CC1. The number of nitrogens with zero attached hydrogens (tertiary/aromatic N) is 3. The lowest BCUT2D eigenvalue weighted by Gasteiger charge is -2.34. The predicted octanol–water partition coefficient (Wildman–Crippen LogP) is 4.23. The molecule has 7 nitrogen and oxygen atoms in total. The lowest BCUT2D eigenvalue weighted by molar-refractivity contribution is -0.141. The van der Waals surface area contributed by atoms with E-state index in [0.29, 0.717) is 34.4 Å². The number of nitrogen functional groups attached to an aromatic ring is 1. The van der Waals surface area contributed by atoms with Gasteiger partial charge in [-0.25, -0.2) is 4.98 Å². The maximum absolute atomic E-state index is 12.9. The highest BCUT2D eigenvalue weighted by atomic mass is 32.1. The van der Waals surface area contributed by atoms with Crippen LogP contribution in [0.5, 0.6) is 0 Å². The maximum atomic E-state index is 12.9. The second-order valence-electron chi connectivity index (χ2n) is 7.86. The predicted molar refractivity (Wildman–Crippen MR) is 123 cm³/mol. The molecule has 33 heavy (non-hydrogen) atoms. The first-order chi connectivity index (χ1) is 15.7. The number of benzene rings is 1. The van der Waals surface area contributed by atoms with Crippen LogP contribution in [0, 0.1) is 5.92 Å². The number of piperidine rings is 1. The third-order valence-electron chi connectivity index (χ3n) is 5.60. The van der Waals surface area contributed by atoms with Gasteiger partial charge in [-0.1, -0.05) is 0 Å². The van der Waals surface area contributed by atoms with E-state index in [1.807, 2.05) is 6.07 Å². The first-order valence-corrected chi connectivity index (χ1v) is 11.3. The van der Waals surface area contributed by atoms with Crippen LogP contribution in [-0.4, -0.2) is 35.5 Å². The maximum Gasteiger partial charge on any atom is 0.433 e. The van der Waals surface area contributed by atoms with Crippen molar-refractivity contribution >= 4 is 34.3 Å². The van der Waals surface area contributed by atoms with Crippen LogP contribution in [0.1, 0.15) is 29.0 Å². The van der Waals surface area contributed by atoms with Gasteiger partial charge in [-0.2, -0.15) is 13.2 Å². The van der Waals surface area contributed by atoms with E-state index in [1.54, 1.807) is 17.5 Å². The van der Waals surface area contributed by atoms with Crippen LogP contribution in [0.3, 0.4) is 0 Å². The quantitative estimate of drug-likeness (QED) is 0.476. The molecule has 3 aromatic rings. The molecular formula is C22H23F3N6OS. The first kappa shape index (κ1) is 23.0. The number of anilines is 3. The molecule has 174 valence electrons. The fourth-order valence-electron chi connectivity index (χ4n) is 3.72. The number of halogens is 3. The van der Waals surface area contributed by atoms with Gasteiger partial charge < -0.3 is 21.7 Å². The molecule has 0 radical (unpaired) electrons. The number of amides is 1. The second-order valence-corrected chi connectivity index (χ2v) is 8.72. The molecule has 2 aromatic heterocycles. The summed E-state index contributed by atoms with van der Waals surface area (Å²) in [7, 11) is 0. The Hall–Kier alpha value is -3.18. The first-order valence-electron chi connectivity index (χ1n) is 10.4. The highest BCUT2D eigenvalue weighted by Gasteiger charge is 2.32. The number of hydrogen-bond donors (Lipinski definition) is 3. The van der Waals surface area contributed by atoms with Crippen molar-refractivity contribution in [2.24, 2.45) is 11.7 Å². The van der Waals surface area contributed by atoms with Gasteiger partial charge in [0.2, 0.25) is 0 Å². The Labute approximate surface area is 192 Å². The third-order valence-corrected chi connectivity index (χ3v) is 6.49. The van der Waals surface area contributed by atoms with E-state index in [1.165, 1.54) is 6.07 Å². The van der Waals surface area contributed by atoms with Crippen LogP contribution >= 0.6 is 11.3 Å². The van der Waals surface area contributed by atoms with E-state index in [-0.39, 0.29) is 5.69 Å². The zero-order valence-corrected chi connectivity index (χ0v) is 18.4. The molecular weight excluding hydrogens is 453 g/mol. The molecule has 0 aliphatic carbocycles. The summed E-state index contributed by atoms with van der Waals surface area (Å²) in [4.78, 5) is 22.8. The monoisotopic (exact) mass is 476 g/mol. The summed E-state index contributed by atoms with van der Waals surface area (Å²) in [5, 5.41) is 4.84. The van der Waals surface area contributed by atoms with Gasteiger partial charge in [-0.05, 0) is 55.6 Å². The Balaban J connectivity index is 1.50. The van der Waals surface area contributed by atoms with Gasteiger partial charge in [0, 0.05) is 35.9 Å². The summed E-state index contributed by atoms with van der Waals surface area (Å²) < 4.78 is 38.2. The van der Waals surface area contributed by atoms with Crippen LogP contribution < -0.4 is 21.7 Å². The van der Waals surface area contributed by atoms with Crippen molar-refractivity contribution in [3.63, 3.8) is 0 Å². The number of thiazole rings is 1. The molecule has 1 amide bonds. The Kier molecular flexibility index (Phi) is 6.52. The summed E-state index contributed by atoms with van der Waals surface area (Å²) in [6.07, 6.45) is -1.46. The summed E-state index contributed by atoms with van der Waals surface area (Å²) in [5.41, 5.74) is 13.3. The Morgan fingerprint density at radius 3 is 2.61 bits per heavy atom. The molecule has 0 saturated carbocycles. The Bertz CT molecular complexity index is 1120. The zero-order valence-electron chi connectivity index (χ0n) is 17.6. The molecule has 0 bridgehead atoms. The molecule has 0 atom stereocenters. The number of hydrogen-bond acceptors (Lipinski definition) is 7. The van der Waals surface area contributed by atoms with Gasteiger partial charge in [0.25, 0.3) is 5.91 Å². The second kappa shape index (κ2) is 9.36. The smallest absolute Gasteiger partial charge is 0.399 e. The highest BCUT2D eigenvalue weighted by molar-refractivity contribution is 7.13. The number of nitrogens with two attached hydrogens (primary N) is 2. The van der Waals surface area contributed by atoms with Crippen molar-refractivity contribution in [3.05, 3.63) is 53.3 Å². The van der Waals surface area contributed by atoms with Crippen molar-refractivity contribution in [2.45, 2.75) is 19.0 Å². The summed E-state index contributed by atoms with van der Waals surface area (Å²) in [6.45, 7) is 2.33. The van der Waals surface area contributed by atoms with Crippen LogP contribution in [0.15, 0.2) is 41.9 Å². The number of aromatic nitrogens is 2. The highest BCUT2D eigenvalue weighted by Crippen LogP contribution is 2.33. The number of carbonyl (C=O) groups excluding carboxylic acids is 1. The van der Waals surface area contributed by atoms with Crippen LogP contribution in [0.4, 0.5) is 30.2 Å². The lowest BCUT2D eigenvalue weighted by Crippen LogP contribution is -2.36. The minimum absolute atomic E-state index is 0.158. The van der Waals surface area contributed by atoms with Crippen molar-refractivity contribution < 1.29 is 18.0 Å².